The molecule has 0 amide bonds. The van der Waals surface area contributed by atoms with Crippen LogP contribution in [0.1, 0.15) is 48.5 Å². The second-order valence-electron chi connectivity index (χ2n) is 5.08. The number of carboxylic acids is 3. The minimum atomic E-state index is -0.833. The number of rotatable bonds is 3. The van der Waals surface area contributed by atoms with Crippen molar-refractivity contribution in [3.05, 3.63) is 0 Å². The summed E-state index contributed by atoms with van der Waals surface area (Å²) >= 11 is 0. The van der Waals surface area contributed by atoms with Crippen LogP contribution < -0.4 is 0 Å². The number of hydrogen-bond acceptors (Lipinski definition) is 4. The molecule has 7 heteroatoms. The van der Waals surface area contributed by atoms with Gasteiger partial charge in [-0.15, -0.1) is 0 Å². The molecule has 4 N–H and O–H groups in total. The first-order valence-corrected chi connectivity index (χ1v) is 6.55. The Labute approximate surface area is 126 Å². The highest BCUT2D eigenvalue weighted by atomic mass is 16.4. The van der Waals surface area contributed by atoms with Crippen LogP contribution in [0.25, 0.3) is 0 Å². The summed E-state index contributed by atoms with van der Waals surface area (Å²) in [7, 11) is 0. The third kappa shape index (κ3) is 70.3. The summed E-state index contributed by atoms with van der Waals surface area (Å²) in [4.78, 5) is 28.4. The van der Waals surface area contributed by atoms with Crippen LogP contribution in [-0.2, 0) is 14.4 Å². The van der Waals surface area contributed by atoms with E-state index in [4.69, 9.17) is 25.2 Å². The number of aliphatic carboxylic acids is 3. The highest BCUT2D eigenvalue weighted by Crippen LogP contribution is 1.87. The summed E-state index contributed by atoms with van der Waals surface area (Å²) in [5, 5.41) is 31.5. The van der Waals surface area contributed by atoms with Gasteiger partial charge in [0, 0.05) is 13.5 Å². The standard InChI is InChI=1S/2C4H8O2.C4H10O.C2H4O2/c2*1-3(2)4(5)6;1-4(2)3-5;1-2(3)4/h2*3H,1-2H3,(H,5,6);4-5H,3H2,1-2H3;1H3,(H,3,4). The first kappa shape index (κ1) is 27.7. The molecule has 0 radical (unpaired) electrons. The molecule has 0 fully saturated rings. The fraction of sp³-hybridized carbons (Fsp3) is 0.786. The lowest BCUT2D eigenvalue weighted by molar-refractivity contribution is -0.141. The largest absolute Gasteiger partial charge is 0.481 e. The predicted octanol–water partition coefficient (Wildman–Crippen LogP) is 2.18. The van der Waals surface area contributed by atoms with Gasteiger partial charge in [0.2, 0.25) is 0 Å². The average molecular weight is 310 g/mol. The maximum absolute atomic E-state index is 9.70. The molecule has 0 heterocycles. The molecule has 0 atom stereocenters. The minimum absolute atomic E-state index is 0.231. The van der Waals surface area contributed by atoms with Crippen molar-refractivity contribution in [2.75, 3.05) is 6.61 Å². The molecule has 7 nitrogen and oxygen atoms in total. The van der Waals surface area contributed by atoms with Gasteiger partial charge in [0.05, 0.1) is 11.8 Å². The summed E-state index contributed by atoms with van der Waals surface area (Å²) in [6.07, 6.45) is 0. The van der Waals surface area contributed by atoms with Crippen molar-refractivity contribution in [3.63, 3.8) is 0 Å². The molecule has 0 aliphatic carbocycles. The summed E-state index contributed by atoms with van der Waals surface area (Å²) in [5.41, 5.74) is 0. The second-order valence-corrected chi connectivity index (χ2v) is 5.08. The molecule has 0 aliphatic heterocycles. The molecule has 0 bridgehead atoms. The molecule has 0 aromatic carbocycles. The number of carboxylic acid groups (broad SMARTS) is 3. The van der Waals surface area contributed by atoms with Gasteiger partial charge in [-0.2, -0.15) is 0 Å². The molecule has 0 unspecified atom stereocenters. The third-order valence-corrected chi connectivity index (χ3v) is 1.35. The molecule has 0 saturated heterocycles. The minimum Gasteiger partial charge on any atom is -0.481 e. The van der Waals surface area contributed by atoms with Gasteiger partial charge in [0.1, 0.15) is 0 Å². The topological polar surface area (TPSA) is 132 Å². The van der Waals surface area contributed by atoms with E-state index in [0.29, 0.717) is 12.5 Å². The van der Waals surface area contributed by atoms with Crippen LogP contribution in [0.4, 0.5) is 0 Å². The maximum Gasteiger partial charge on any atom is 0.305 e. The van der Waals surface area contributed by atoms with E-state index >= 15 is 0 Å². The van der Waals surface area contributed by atoms with Crippen molar-refractivity contribution in [1.82, 2.24) is 0 Å². The van der Waals surface area contributed by atoms with Crippen molar-refractivity contribution < 1.29 is 34.8 Å². The van der Waals surface area contributed by atoms with Crippen LogP contribution in [-0.4, -0.2) is 44.9 Å². The lowest BCUT2D eigenvalue weighted by atomic mass is 10.2. The van der Waals surface area contributed by atoms with Gasteiger partial charge in [0.25, 0.3) is 5.97 Å². The van der Waals surface area contributed by atoms with Gasteiger partial charge in [-0.05, 0) is 5.92 Å². The van der Waals surface area contributed by atoms with Crippen LogP contribution in [0.5, 0.6) is 0 Å². The molecular formula is C14H30O7. The summed E-state index contributed by atoms with van der Waals surface area (Å²) in [5.74, 6) is -2.34. The van der Waals surface area contributed by atoms with Crippen molar-refractivity contribution in [2.24, 2.45) is 17.8 Å². The van der Waals surface area contributed by atoms with Crippen molar-refractivity contribution in [2.45, 2.75) is 48.5 Å². The summed E-state index contributed by atoms with van der Waals surface area (Å²) < 4.78 is 0. The second kappa shape index (κ2) is 18.4. The van der Waals surface area contributed by atoms with Crippen molar-refractivity contribution in [1.29, 1.82) is 0 Å². The predicted molar refractivity (Wildman–Crippen MR) is 80.2 cm³/mol. The van der Waals surface area contributed by atoms with Crippen LogP contribution in [0.15, 0.2) is 0 Å². The van der Waals surface area contributed by atoms with E-state index in [1.165, 1.54) is 0 Å². The first-order chi connectivity index (χ1) is 9.29. The number of aliphatic hydroxyl groups excluding tert-OH is 1. The molecule has 0 aliphatic rings. The monoisotopic (exact) mass is 310 g/mol. The van der Waals surface area contributed by atoms with E-state index in [9.17, 15) is 9.59 Å². The molecular weight excluding hydrogens is 280 g/mol. The van der Waals surface area contributed by atoms with Gasteiger partial charge in [0.15, 0.2) is 0 Å². The van der Waals surface area contributed by atoms with Gasteiger partial charge < -0.3 is 20.4 Å². The fourth-order valence-electron chi connectivity index (χ4n) is 0. The van der Waals surface area contributed by atoms with E-state index < -0.39 is 17.9 Å². The maximum atomic E-state index is 9.70. The van der Waals surface area contributed by atoms with Gasteiger partial charge in [-0.25, -0.2) is 0 Å². The Bertz CT molecular complexity index is 248. The SMILES string of the molecule is CC(=O)O.CC(C)C(=O)O.CC(C)C(=O)O.CC(C)CO. The normalized spacial score (nSPS) is 8.71. The van der Waals surface area contributed by atoms with Crippen LogP contribution in [0.3, 0.4) is 0 Å². The molecule has 0 saturated carbocycles. The molecule has 128 valence electrons. The fourth-order valence-corrected chi connectivity index (χ4v) is 0. The Balaban J connectivity index is -0.0000000929. The highest BCUT2D eigenvalue weighted by molar-refractivity contribution is 5.69. The van der Waals surface area contributed by atoms with E-state index in [1.54, 1.807) is 27.7 Å². The Morgan fingerprint density at radius 3 is 0.857 bits per heavy atom. The lowest BCUT2D eigenvalue weighted by Crippen LogP contribution is -2.03. The Morgan fingerprint density at radius 1 is 0.762 bits per heavy atom. The number of hydrogen-bond donors (Lipinski definition) is 4. The van der Waals surface area contributed by atoms with Gasteiger partial charge in [-0.1, -0.05) is 41.5 Å². The highest BCUT2D eigenvalue weighted by Gasteiger charge is 1.99. The Morgan fingerprint density at radius 2 is 0.857 bits per heavy atom. The summed E-state index contributed by atoms with van der Waals surface area (Å²) in [6, 6.07) is 0. The zero-order valence-corrected chi connectivity index (χ0v) is 14.0. The quantitative estimate of drug-likeness (QED) is 0.628. The van der Waals surface area contributed by atoms with E-state index in [2.05, 4.69) is 0 Å². The molecule has 0 rings (SSSR count). The van der Waals surface area contributed by atoms with E-state index in [-0.39, 0.29) is 11.8 Å². The zero-order chi connectivity index (χ0) is 18.2. The van der Waals surface area contributed by atoms with Crippen LogP contribution in [0.2, 0.25) is 0 Å². The molecule has 0 aromatic rings. The number of aliphatic hydroxyl groups is 1. The smallest absolute Gasteiger partial charge is 0.305 e. The Kier molecular flexibility index (Phi) is 24.2. The van der Waals surface area contributed by atoms with Gasteiger partial charge >= 0.3 is 11.9 Å². The van der Waals surface area contributed by atoms with Gasteiger partial charge in [-0.3, -0.25) is 14.4 Å². The Hall–Kier alpha value is -1.63. The first-order valence-electron chi connectivity index (χ1n) is 6.55. The van der Waals surface area contributed by atoms with Crippen molar-refractivity contribution >= 4 is 17.9 Å². The molecule has 0 aromatic heterocycles. The molecule has 0 spiro atoms. The van der Waals surface area contributed by atoms with Crippen LogP contribution >= 0.6 is 0 Å². The lowest BCUT2D eigenvalue weighted by Gasteiger charge is -1.90. The summed E-state index contributed by atoms with van der Waals surface area (Å²) in [6.45, 7) is 11.9. The molecule has 21 heavy (non-hydrogen) atoms. The zero-order valence-electron chi connectivity index (χ0n) is 14.0. The van der Waals surface area contributed by atoms with Crippen molar-refractivity contribution in [3.8, 4) is 0 Å². The van der Waals surface area contributed by atoms with E-state index in [0.717, 1.165) is 6.92 Å². The van der Waals surface area contributed by atoms with E-state index in [1.807, 2.05) is 13.8 Å². The van der Waals surface area contributed by atoms with Crippen LogP contribution in [0, 0.1) is 17.8 Å². The number of carbonyl (C=O) groups is 3. The third-order valence-electron chi connectivity index (χ3n) is 1.35. The average Bonchev–Trinajstić information content (AvgIpc) is 2.29.